The van der Waals surface area contributed by atoms with Crippen LogP contribution in [0.4, 0.5) is 0 Å². The van der Waals surface area contributed by atoms with E-state index in [4.69, 9.17) is 10.3 Å². The minimum absolute atomic E-state index is 0.260. The molecule has 0 saturated carbocycles. The highest BCUT2D eigenvalue weighted by Gasteiger charge is 2.10. The van der Waals surface area contributed by atoms with E-state index in [0.717, 1.165) is 11.3 Å². The lowest BCUT2D eigenvalue weighted by Crippen LogP contribution is -1.97. The van der Waals surface area contributed by atoms with Crippen molar-refractivity contribution in [3.63, 3.8) is 0 Å². The fraction of sp³-hybridized carbons (Fsp3) is 0.0833. The van der Waals surface area contributed by atoms with Crippen LogP contribution in [0.5, 0.6) is 0 Å². The zero-order chi connectivity index (χ0) is 12.4. The first kappa shape index (κ1) is 10.7. The number of nitrogens with zero attached hydrogens (tertiary/aromatic N) is 4. The number of hydrogen-bond acceptors (Lipinski definition) is 5. The van der Waals surface area contributed by atoms with Gasteiger partial charge in [-0.15, -0.1) is 0 Å². The summed E-state index contributed by atoms with van der Waals surface area (Å²) in [4.78, 5) is 4.15. The van der Waals surface area contributed by atoms with Crippen molar-refractivity contribution in [2.24, 2.45) is 5.73 Å². The summed E-state index contributed by atoms with van der Waals surface area (Å²) >= 11 is 0. The Morgan fingerprint density at radius 2 is 2.06 bits per heavy atom. The Morgan fingerprint density at radius 1 is 1.22 bits per heavy atom. The van der Waals surface area contributed by atoms with Crippen LogP contribution in [0.3, 0.4) is 0 Å². The standard InChI is InChI=1S/C12H11N5O/c13-6-11-15-12(18-16-11)9-7-14-17(8-9)10-4-2-1-3-5-10/h1-5,7-8H,6,13H2. The highest BCUT2D eigenvalue weighted by Crippen LogP contribution is 2.17. The lowest BCUT2D eigenvalue weighted by Gasteiger charge is -1.98. The van der Waals surface area contributed by atoms with E-state index in [2.05, 4.69) is 15.2 Å². The Kier molecular flexibility index (Phi) is 2.62. The smallest absolute Gasteiger partial charge is 0.261 e. The van der Waals surface area contributed by atoms with Gasteiger partial charge in [0.15, 0.2) is 5.82 Å². The van der Waals surface area contributed by atoms with Gasteiger partial charge in [0, 0.05) is 6.20 Å². The number of para-hydroxylation sites is 1. The molecule has 0 bridgehead atoms. The molecule has 0 aliphatic rings. The van der Waals surface area contributed by atoms with Crippen molar-refractivity contribution in [2.75, 3.05) is 0 Å². The molecule has 0 fully saturated rings. The highest BCUT2D eigenvalue weighted by molar-refractivity contribution is 5.51. The van der Waals surface area contributed by atoms with Crippen molar-refractivity contribution in [3.05, 3.63) is 48.5 Å². The number of benzene rings is 1. The molecule has 0 amide bonds. The molecule has 3 rings (SSSR count). The van der Waals surface area contributed by atoms with Crippen LogP contribution in [0.15, 0.2) is 47.2 Å². The number of rotatable bonds is 3. The van der Waals surface area contributed by atoms with Gasteiger partial charge in [0.25, 0.3) is 5.89 Å². The summed E-state index contributed by atoms with van der Waals surface area (Å²) < 4.78 is 6.85. The van der Waals surface area contributed by atoms with E-state index in [1.165, 1.54) is 0 Å². The van der Waals surface area contributed by atoms with Crippen LogP contribution in [-0.4, -0.2) is 19.9 Å². The maximum Gasteiger partial charge on any atom is 0.261 e. The molecule has 0 atom stereocenters. The molecular formula is C12H11N5O. The summed E-state index contributed by atoms with van der Waals surface area (Å²) in [5.41, 5.74) is 7.18. The van der Waals surface area contributed by atoms with Gasteiger partial charge in [-0.2, -0.15) is 10.1 Å². The normalized spacial score (nSPS) is 10.7. The third-order valence-corrected chi connectivity index (χ3v) is 2.50. The van der Waals surface area contributed by atoms with Gasteiger partial charge >= 0.3 is 0 Å². The average Bonchev–Trinajstić information content (AvgIpc) is 3.08. The molecule has 0 radical (unpaired) electrons. The second kappa shape index (κ2) is 4.42. The van der Waals surface area contributed by atoms with E-state index in [1.807, 2.05) is 36.5 Å². The van der Waals surface area contributed by atoms with Crippen LogP contribution in [0, 0.1) is 0 Å². The van der Waals surface area contributed by atoms with Crippen molar-refractivity contribution >= 4 is 0 Å². The van der Waals surface area contributed by atoms with Crippen molar-refractivity contribution in [1.29, 1.82) is 0 Å². The molecule has 18 heavy (non-hydrogen) atoms. The fourth-order valence-corrected chi connectivity index (χ4v) is 1.61. The van der Waals surface area contributed by atoms with Gasteiger partial charge in [0.05, 0.1) is 24.0 Å². The lowest BCUT2D eigenvalue weighted by atomic mass is 10.3. The summed E-state index contributed by atoms with van der Waals surface area (Å²) in [5, 5.41) is 8.00. The van der Waals surface area contributed by atoms with Crippen LogP contribution in [-0.2, 0) is 6.54 Å². The summed E-state index contributed by atoms with van der Waals surface area (Å²) in [7, 11) is 0. The maximum atomic E-state index is 5.43. The van der Waals surface area contributed by atoms with Crippen LogP contribution in [0.1, 0.15) is 5.82 Å². The van der Waals surface area contributed by atoms with Gasteiger partial charge in [0.2, 0.25) is 0 Å². The lowest BCUT2D eigenvalue weighted by molar-refractivity contribution is 0.423. The second-order valence-electron chi connectivity index (χ2n) is 3.73. The first-order chi connectivity index (χ1) is 8.86. The Bertz CT molecular complexity index is 643. The Labute approximate surface area is 103 Å². The highest BCUT2D eigenvalue weighted by atomic mass is 16.5. The van der Waals surface area contributed by atoms with Gasteiger partial charge in [-0.1, -0.05) is 23.4 Å². The molecule has 90 valence electrons. The average molecular weight is 241 g/mol. The Balaban J connectivity index is 1.94. The summed E-state index contributed by atoms with van der Waals surface area (Å²) in [5.74, 6) is 0.912. The number of aromatic nitrogens is 4. The van der Waals surface area contributed by atoms with Gasteiger partial charge in [-0.3, -0.25) is 0 Å². The van der Waals surface area contributed by atoms with Gasteiger partial charge in [-0.05, 0) is 12.1 Å². The Hall–Kier alpha value is -2.47. The molecule has 2 heterocycles. The molecule has 0 unspecified atom stereocenters. The molecule has 0 saturated heterocycles. The zero-order valence-corrected chi connectivity index (χ0v) is 9.52. The van der Waals surface area contributed by atoms with Crippen LogP contribution < -0.4 is 5.73 Å². The SMILES string of the molecule is NCc1noc(-c2cnn(-c3ccccc3)c2)n1. The van der Waals surface area contributed by atoms with Gasteiger partial charge in [-0.25, -0.2) is 4.68 Å². The zero-order valence-electron chi connectivity index (χ0n) is 9.52. The van der Waals surface area contributed by atoms with E-state index >= 15 is 0 Å². The second-order valence-corrected chi connectivity index (χ2v) is 3.73. The Morgan fingerprint density at radius 3 is 2.78 bits per heavy atom. The number of hydrogen-bond donors (Lipinski definition) is 1. The van der Waals surface area contributed by atoms with E-state index < -0.39 is 0 Å². The van der Waals surface area contributed by atoms with Crippen LogP contribution in [0.2, 0.25) is 0 Å². The first-order valence-corrected chi connectivity index (χ1v) is 5.50. The minimum atomic E-state index is 0.260. The maximum absolute atomic E-state index is 5.43. The van der Waals surface area contributed by atoms with E-state index in [-0.39, 0.29) is 6.54 Å². The molecular weight excluding hydrogens is 230 g/mol. The molecule has 2 N–H and O–H groups in total. The molecule has 2 aromatic heterocycles. The summed E-state index contributed by atoms with van der Waals surface area (Å²) in [6, 6.07) is 9.80. The van der Waals surface area contributed by atoms with Crippen molar-refractivity contribution < 1.29 is 4.52 Å². The van der Waals surface area contributed by atoms with Crippen molar-refractivity contribution in [1.82, 2.24) is 19.9 Å². The topological polar surface area (TPSA) is 82.8 Å². The predicted molar refractivity (Wildman–Crippen MR) is 64.7 cm³/mol. The molecule has 6 nitrogen and oxygen atoms in total. The van der Waals surface area contributed by atoms with Gasteiger partial charge in [0.1, 0.15) is 0 Å². The first-order valence-electron chi connectivity index (χ1n) is 5.50. The molecule has 3 aromatic rings. The van der Waals surface area contributed by atoms with E-state index in [1.54, 1.807) is 10.9 Å². The molecule has 0 aliphatic carbocycles. The molecule has 1 aromatic carbocycles. The number of nitrogens with two attached hydrogens (primary N) is 1. The minimum Gasteiger partial charge on any atom is -0.334 e. The third kappa shape index (κ3) is 1.89. The van der Waals surface area contributed by atoms with E-state index in [0.29, 0.717) is 11.7 Å². The summed E-state index contributed by atoms with van der Waals surface area (Å²) in [6.07, 6.45) is 3.52. The van der Waals surface area contributed by atoms with Crippen LogP contribution in [0.25, 0.3) is 17.1 Å². The molecule has 6 heteroatoms. The summed E-state index contributed by atoms with van der Waals surface area (Å²) in [6.45, 7) is 0.260. The molecule has 0 aliphatic heterocycles. The largest absolute Gasteiger partial charge is 0.334 e. The van der Waals surface area contributed by atoms with Gasteiger partial charge < -0.3 is 10.3 Å². The quantitative estimate of drug-likeness (QED) is 0.749. The third-order valence-electron chi connectivity index (χ3n) is 2.50. The predicted octanol–water partition coefficient (Wildman–Crippen LogP) is 1.38. The van der Waals surface area contributed by atoms with Crippen molar-refractivity contribution in [2.45, 2.75) is 6.54 Å². The van der Waals surface area contributed by atoms with E-state index in [9.17, 15) is 0 Å². The fourth-order valence-electron chi connectivity index (χ4n) is 1.61. The monoisotopic (exact) mass is 241 g/mol. The van der Waals surface area contributed by atoms with Crippen LogP contribution >= 0.6 is 0 Å². The van der Waals surface area contributed by atoms with Crippen molar-refractivity contribution in [3.8, 4) is 17.1 Å². The molecule has 0 spiro atoms.